The fourth-order valence-electron chi connectivity index (χ4n) is 2.13. The summed E-state index contributed by atoms with van der Waals surface area (Å²) in [5.41, 5.74) is 3.51. The second-order valence-corrected chi connectivity index (χ2v) is 4.48. The van der Waals surface area contributed by atoms with Crippen molar-refractivity contribution < 1.29 is 0 Å². The first-order valence-electron chi connectivity index (χ1n) is 6.52. The number of hydrogen-bond acceptors (Lipinski definition) is 4. The Morgan fingerprint density at radius 1 is 1.16 bits per heavy atom. The molecule has 1 N–H and O–H groups in total. The van der Waals surface area contributed by atoms with Crippen molar-refractivity contribution in [3.63, 3.8) is 0 Å². The van der Waals surface area contributed by atoms with Gasteiger partial charge in [-0.25, -0.2) is 4.98 Å². The molecule has 4 heteroatoms. The second-order valence-electron chi connectivity index (χ2n) is 4.48. The topological polar surface area (TPSA) is 41.1 Å². The van der Waals surface area contributed by atoms with E-state index in [0.29, 0.717) is 5.95 Å². The summed E-state index contributed by atoms with van der Waals surface area (Å²) < 4.78 is 0. The summed E-state index contributed by atoms with van der Waals surface area (Å²) in [6.45, 7) is 7.15. The number of aromatic nitrogens is 2. The molecule has 0 radical (unpaired) electrons. The quantitative estimate of drug-likeness (QED) is 0.911. The molecule has 2 aromatic rings. The largest absolute Gasteiger partial charge is 0.357 e. The van der Waals surface area contributed by atoms with Crippen LogP contribution < -0.4 is 10.2 Å². The van der Waals surface area contributed by atoms with E-state index < -0.39 is 0 Å². The van der Waals surface area contributed by atoms with Crippen LogP contribution in [0.2, 0.25) is 0 Å². The standard InChI is InChI=1S/C15H20N4/c1-5-19(13-9-7-6-8-11(13)2)14-12(3)10-17-15(16-4)18-14/h6-10H,5H2,1-4H3,(H,16,17,18). The van der Waals surface area contributed by atoms with Crippen LogP contribution in [0.3, 0.4) is 0 Å². The molecule has 1 aromatic heterocycles. The number of nitrogens with one attached hydrogen (secondary N) is 1. The zero-order valence-electron chi connectivity index (χ0n) is 11.9. The van der Waals surface area contributed by atoms with Crippen molar-refractivity contribution >= 4 is 17.5 Å². The van der Waals surface area contributed by atoms with Gasteiger partial charge in [0.2, 0.25) is 5.95 Å². The Bertz CT molecular complexity index is 566. The summed E-state index contributed by atoms with van der Waals surface area (Å²) in [4.78, 5) is 11.0. The Morgan fingerprint density at radius 3 is 2.53 bits per heavy atom. The predicted molar refractivity (Wildman–Crippen MR) is 80.2 cm³/mol. The summed E-state index contributed by atoms with van der Waals surface area (Å²) in [5.74, 6) is 1.60. The van der Waals surface area contributed by atoms with Gasteiger partial charge in [0.1, 0.15) is 5.82 Å². The Hall–Kier alpha value is -2.10. The number of anilines is 3. The molecule has 0 saturated heterocycles. The lowest BCUT2D eigenvalue weighted by Crippen LogP contribution is -2.20. The van der Waals surface area contributed by atoms with Gasteiger partial charge in [0.25, 0.3) is 0 Å². The molecule has 4 nitrogen and oxygen atoms in total. The van der Waals surface area contributed by atoms with Gasteiger partial charge in [-0.15, -0.1) is 0 Å². The smallest absolute Gasteiger partial charge is 0.224 e. The van der Waals surface area contributed by atoms with Gasteiger partial charge in [-0.3, -0.25) is 0 Å². The van der Waals surface area contributed by atoms with Crippen LogP contribution in [-0.2, 0) is 0 Å². The normalized spacial score (nSPS) is 10.3. The van der Waals surface area contributed by atoms with Crippen molar-refractivity contribution in [2.75, 3.05) is 23.8 Å². The number of nitrogens with zero attached hydrogens (tertiary/aromatic N) is 3. The minimum atomic E-state index is 0.646. The van der Waals surface area contributed by atoms with Gasteiger partial charge >= 0.3 is 0 Å². The zero-order valence-corrected chi connectivity index (χ0v) is 11.9. The molecule has 100 valence electrons. The van der Waals surface area contributed by atoms with Crippen molar-refractivity contribution in [1.29, 1.82) is 0 Å². The Labute approximate surface area is 114 Å². The lowest BCUT2D eigenvalue weighted by molar-refractivity contribution is 0.958. The van der Waals surface area contributed by atoms with Gasteiger partial charge < -0.3 is 10.2 Å². The molecule has 19 heavy (non-hydrogen) atoms. The molecule has 0 aliphatic carbocycles. The van der Waals surface area contributed by atoms with Crippen molar-refractivity contribution in [3.05, 3.63) is 41.6 Å². The Balaban J connectivity index is 2.51. The molecule has 1 heterocycles. The number of benzene rings is 1. The third-order valence-electron chi connectivity index (χ3n) is 3.15. The van der Waals surface area contributed by atoms with Gasteiger partial charge in [-0.1, -0.05) is 18.2 Å². The second kappa shape index (κ2) is 5.69. The average molecular weight is 256 g/mol. The highest BCUT2D eigenvalue weighted by Crippen LogP contribution is 2.29. The molecule has 0 amide bonds. The van der Waals surface area contributed by atoms with E-state index in [-0.39, 0.29) is 0 Å². The average Bonchev–Trinajstić information content (AvgIpc) is 2.43. The van der Waals surface area contributed by atoms with E-state index in [1.54, 1.807) is 0 Å². The SMILES string of the molecule is CCN(c1ccccc1C)c1nc(NC)ncc1C. The maximum absolute atomic E-state index is 4.58. The molecule has 0 fully saturated rings. The molecule has 0 aliphatic heterocycles. The van der Waals surface area contributed by atoms with E-state index in [2.05, 4.69) is 58.3 Å². The molecule has 0 saturated carbocycles. The zero-order chi connectivity index (χ0) is 13.8. The van der Waals surface area contributed by atoms with Gasteiger partial charge in [-0.2, -0.15) is 4.98 Å². The van der Waals surface area contributed by atoms with Crippen molar-refractivity contribution in [1.82, 2.24) is 9.97 Å². The third-order valence-corrected chi connectivity index (χ3v) is 3.15. The van der Waals surface area contributed by atoms with Crippen molar-refractivity contribution in [2.24, 2.45) is 0 Å². The summed E-state index contributed by atoms with van der Waals surface area (Å²) in [7, 11) is 1.83. The monoisotopic (exact) mass is 256 g/mol. The van der Waals surface area contributed by atoms with Crippen LogP contribution in [0.25, 0.3) is 0 Å². The maximum Gasteiger partial charge on any atom is 0.224 e. The molecule has 0 aliphatic rings. The van der Waals surface area contributed by atoms with Gasteiger partial charge in [-0.05, 0) is 32.4 Å². The first-order chi connectivity index (χ1) is 9.17. The van der Waals surface area contributed by atoms with Crippen LogP contribution in [0.4, 0.5) is 17.5 Å². The van der Waals surface area contributed by atoms with Crippen LogP contribution in [0.15, 0.2) is 30.5 Å². The minimum absolute atomic E-state index is 0.646. The summed E-state index contributed by atoms with van der Waals surface area (Å²) in [6, 6.07) is 8.35. The lowest BCUT2D eigenvalue weighted by atomic mass is 10.1. The lowest BCUT2D eigenvalue weighted by Gasteiger charge is -2.25. The molecule has 1 aromatic carbocycles. The van der Waals surface area contributed by atoms with E-state index in [4.69, 9.17) is 0 Å². The molecule has 0 spiro atoms. The summed E-state index contributed by atoms with van der Waals surface area (Å²) in [6.07, 6.45) is 1.86. The summed E-state index contributed by atoms with van der Waals surface area (Å²) in [5, 5.41) is 2.99. The van der Waals surface area contributed by atoms with E-state index in [1.165, 1.54) is 11.3 Å². The molecule has 0 bridgehead atoms. The first-order valence-corrected chi connectivity index (χ1v) is 6.52. The number of aryl methyl sites for hydroxylation is 2. The number of para-hydroxylation sites is 1. The van der Waals surface area contributed by atoms with Crippen LogP contribution in [0, 0.1) is 13.8 Å². The molecule has 2 rings (SSSR count). The molecule has 0 atom stereocenters. The summed E-state index contributed by atoms with van der Waals surface area (Å²) >= 11 is 0. The van der Waals surface area contributed by atoms with Crippen molar-refractivity contribution in [3.8, 4) is 0 Å². The van der Waals surface area contributed by atoms with Crippen LogP contribution in [0.1, 0.15) is 18.1 Å². The Morgan fingerprint density at radius 2 is 1.89 bits per heavy atom. The molecule has 0 unspecified atom stereocenters. The fourth-order valence-corrected chi connectivity index (χ4v) is 2.13. The number of hydrogen-bond donors (Lipinski definition) is 1. The predicted octanol–water partition coefficient (Wildman–Crippen LogP) is 3.29. The van der Waals surface area contributed by atoms with Gasteiger partial charge in [0.15, 0.2) is 0 Å². The molecular weight excluding hydrogens is 236 g/mol. The van der Waals surface area contributed by atoms with Crippen LogP contribution >= 0.6 is 0 Å². The maximum atomic E-state index is 4.58. The van der Waals surface area contributed by atoms with E-state index >= 15 is 0 Å². The third kappa shape index (κ3) is 2.67. The van der Waals surface area contributed by atoms with Crippen LogP contribution in [0.5, 0.6) is 0 Å². The molecular formula is C15H20N4. The highest BCUT2D eigenvalue weighted by molar-refractivity contribution is 5.66. The van der Waals surface area contributed by atoms with E-state index in [0.717, 1.165) is 17.9 Å². The number of rotatable bonds is 4. The Kier molecular flexibility index (Phi) is 4.00. The van der Waals surface area contributed by atoms with Gasteiger partial charge in [0, 0.05) is 31.0 Å². The fraction of sp³-hybridized carbons (Fsp3) is 0.333. The van der Waals surface area contributed by atoms with E-state index in [1.807, 2.05) is 20.2 Å². The highest BCUT2D eigenvalue weighted by atomic mass is 15.2. The van der Waals surface area contributed by atoms with Crippen molar-refractivity contribution in [2.45, 2.75) is 20.8 Å². The minimum Gasteiger partial charge on any atom is -0.357 e. The first kappa shape index (κ1) is 13.3. The van der Waals surface area contributed by atoms with E-state index in [9.17, 15) is 0 Å². The van der Waals surface area contributed by atoms with Gasteiger partial charge in [0.05, 0.1) is 0 Å². The van der Waals surface area contributed by atoms with Crippen LogP contribution in [-0.4, -0.2) is 23.6 Å². The highest BCUT2D eigenvalue weighted by Gasteiger charge is 2.14.